The lowest BCUT2D eigenvalue weighted by atomic mass is 9.90. The molecule has 0 aliphatic heterocycles. The average molecular weight is 499 g/mol. The van der Waals surface area contributed by atoms with Crippen LogP contribution in [0.1, 0.15) is 41.5 Å². The molecule has 6 aromatic carbocycles. The second-order valence-corrected chi connectivity index (χ2v) is 8.43. The molecular formula is C34H30N2O2. The van der Waals surface area contributed by atoms with Crippen LogP contribution in [0.2, 0.25) is 0 Å². The molecule has 0 bridgehead atoms. The van der Waals surface area contributed by atoms with Crippen LogP contribution in [-0.4, -0.2) is 9.97 Å². The van der Waals surface area contributed by atoms with Crippen LogP contribution in [0.3, 0.4) is 0 Å². The fourth-order valence-corrected chi connectivity index (χ4v) is 5.55. The third-order valence-electron chi connectivity index (χ3n) is 6.90. The highest BCUT2D eigenvalue weighted by atomic mass is 16.1. The molecule has 0 spiro atoms. The minimum absolute atomic E-state index is 0.00166. The lowest BCUT2D eigenvalue weighted by Gasteiger charge is -2.17. The van der Waals surface area contributed by atoms with Crippen molar-refractivity contribution < 1.29 is 0 Å². The molecular weight excluding hydrogens is 468 g/mol. The molecule has 8 aromatic rings. The Labute approximate surface area is 220 Å². The highest BCUT2D eigenvalue weighted by Crippen LogP contribution is 2.42. The van der Waals surface area contributed by atoms with Crippen LogP contribution in [0.25, 0.3) is 75.9 Å². The first-order valence-corrected chi connectivity index (χ1v) is 13.5. The van der Waals surface area contributed by atoms with Gasteiger partial charge in [-0.1, -0.05) is 90.1 Å². The summed E-state index contributed by atoms with van der Waals surface area (Å²) in [4.78, 5) is 36.8. The van der Waals surface area contributed by atoms with Crippen LogP contribution in [-0.2, 0) is 0 Å². The zero-order chi connectivity index (χ0) is 27.1. The number of aromatic nitrogens is 2. The van der Waals surface area contributed by atoms with Crippen LogP contribution in [0.5, 0.6) is 0 Å². The Balaban J connectivity index is 0.000000461. The van der Waals surface area contributed by atoms with E-state index < -0.39 is 0 Å². The molecule has 0 unspecified atom stereocenters. The Kier molecular flexibility index (Phi) is 6.50. The van der Waals surface area contributed by atoms with Gasteiger partial charge in [-0.25, -0.2) is 9.97 Å². The molecule has 4 heteroatoms. The topological polar surface area (TPSA) is 59.9 Å². The van der Waals surface area contributed by atoms with Crippen molar-refractivity contribution in [3.63, 3.8) is 0 Å². The van der Waals surface area contributed by atoms with Crippen LogP contribution < -0.4 is 10.9 Å². The summed E-state index contributed by atoms with van der Waals surface area (Å²) >= 11 is 0. The fourth-order valence-electron chi connectivity index (χ4n) is 5.55. The molecule has 0 atom stereocenters. The van der Waals surface area contributed by atoms with E-state index in [1.165, 1.54) is 0 Å². The summed E-state index contributed by atoms with van der Waals surface area (Å²) in [5, 5.41) is 7.82. The molecule has 0 aliphatic carbocycles. The van der Waals surface area contributed by atoms with Crippen molar-refractivity contribution in [1.82, 2.24) is 9.97 Å². The molecule has 2 aromatic heterocycles. The molecule has 4 nitrogen and oxygen atoms in total. The van der Waals surface area contributed by atoms with Gasteiger partial charge in [0.1, 0.15) is 0 Å². The quantitative estimate of drug-likeness (QED) is 0.155. The first-order chi connectivity index (χ1) is 18.7. The van der Waals surface area contributed by atoms with Crippen molar-refractivity contribution in [2.45, 2.75) is 41.5 Å². The molecule has 188 valence electrons. The van der Waals surface area contributed by atoms with Crippen molar-refractivity contribution in [2.75, 3.05) is 0 Å². The predicted octanol–water partition coefficient (Wildman–Crippen LogP) is 8.66. The zero-order valence-electron chi connectivity index (χ0n) is 22.6. The lowest BCUT2D eigenvalue weighted by molar-refractivity contribution is 1.49. The highest BCUT2D eigenvalue weighted by Gasteiger charge is 2.22. The van der Waals surface area contributed by atoms with E-state index in [2.05, 4.69) is 0 Å². The molecule has 38 heavy (non-hydrogen) atoms. The SMILES string of the molecule is CC.CC.CC.O=c1c2ccccc2c2nc3ccc4c(=O)c5ccccc5c5nc6ccc1c2c6c3c45. The van der Waals surface area contributed by atoms with E-state index in [-0.39, 0.29) is 10.9 Å². The van der Waals surface area contributed by atoms with Crippen LogP contribution in [0.15, 0.2) is 82.4 Å². The largest absolute Gasteiger partial charge is 0.289 e. The average Bonchev–Trinajstić information content (AvgIpc) is 3.01. The summed E-state index contributed by atoms with van der Waals surface area (Å²) in [7, 11) is 0. The molecule has 0 fully saturated rings. The number of benzene rings is 6. The second-order valence-electron chi connectivity index (χ2n) is 8.43. The first-order valence-electron chi connectivity index (χ1n) is 13.5. The van der Waals surface area contributed by atoms with E-state index in [9.17, 15) is 9.59 Å². The van der Waals surface area contributed by atoms with Crippen molar-refractivity contribution in [2.24, 2.45) is 0 Å². The Bertz CT molecular complexity index is 2030. The van der Waals surface area contributed by atoms with Gasteiger partial charge in [-0.05, 0) is 24.3 Å². The molecule has 2 heterocycles. The van der Waals surface area contributed by atoms with Gasteiger partial charge in [0.05, 0.1) is 22.1 Å². The highest BCUT2D eigenvalue weighted by molar-refractivity contribution is 6.37. The summed E-state index contributed by atoms with van der Waals surface area (Å²) in [5.41, 5.74) is 3.24. The number of hydrogen-bond donors (Lipinski definition) is 0. The van der Waals surface area contributed by atoms with Gasteiger partial charge in [0.25, 0.3) is 0 Å². The number of rotatable bonds is 0. The van der Waals surface area contributed by atoms with Crippen molar-refractivity contribution in [3.8, 4) is 0 Å². The molecule has 8 rings (SSSR count). The van der Waals surface area contributed by atoms with E-state index in [0.29, 0.717) is 21.5 Å². The van der Waals surface area contributed by atoms with E-state index in [1.807, 2.05) is 114 Å². The number of hydrogen-bond acceptors (Lipinski definition) is 4. The number of fused-ring (bicyclic) bond motifs is 4. The second kappa shape index (κ2) is 9.79. The minimum atomic E-state index is 0.00166. The van der Waals surface area contributed by atoms with Crippen LogP contribution in [0, 0.1) is 0 Å². The molecule has 0 saturated carbocycles. The van der Waals surface area contributed by atoms with E-state index in [4.69, 9.17) is 9.97 Å². The van der Waals surface area contributed by atoms with Gasteiger partial charge in [-0.15, -0.1) is 0 Å². The van der Waals surface area contributed by atoms with Crippen molar-refractivity contribution in [1.29, 1.82) is 0 Å². The van der Waals surface area contributed by atoms with Crippen molar-refractivity contribution in [3.05, 3.63) is 93.2 Å². The lowest BCUT2D eigenvalue weighted by Crippen LogP contribution is -2.07. The molecule has 0 saturated heterocycles. The Hall–Kier alpha value is -4.44. The molecule has 0 radical (unpaired) electrons. The predicted molar refractivity (Wildman–Crippen MR) is 165 cm³/mol. The maximum Gasteiger partial charge on any atom is 0.194 e. The van der Waals surface area contributed by atoms with E-state index >= 15 is 0 Å². The summed E-state index contributed by atoms with van der Waals surface area (Å²) in [6, 6.07) is 22.8. The third-order valence-corrected chi connectivity index (χ3v) is 6.90. The van der Waals surface area contributed by atoms with Crippen LogP contribution >= 0.6 is 0 Å². The van der Waals surface area contributed by atoms with Gasteiger partial charge in [0.15, 0.2) is 10.9 Å². The van der Waals surface area contributed by atoms with Gasteiger partial charge in [-0.3, -0.25) is 9.59 Å². The maximum atomic E-state index is 13.3. The fraction of sp³-hybridized carbons (Fsp3) is 0.176. The maximum absolute atomic E-state index is 13.3. The van der Waals surface area contributed by atoms with E-state index in [1.54, 1.807) is 0 Å². The van der Waals surface area contributed by atoms with Crippen molar-refractivity contribution >= 4 is 75.9 Å². The summed E-state index contributed by atoms with van der Waals surface area (Å²) in [6.07, 6.45) is 0. The van der Waals surface area contributed by atoms with Gasteiger partial charge in [-0.2, -0.15) is 0 Å². The standard InChI is InChI=1S/C28H12N2O2.3C2H6/c31-27-15-7-3-1-5-13(15)25-21-17(27)9-12-20-23(21)24-19(29-25)11-10-18-22(24)26(30-20)14-6-2-4-8-16(14)28(18)32;3*1-2/h1-12H;3*1-2H3. The normalized spacial score (nSPS) is 11.1. The summed E-state index contributed by atoms with van der Waals surface area (Å²) in [6.45, 7) is 12.0. The van der Waals surface area contributed by atoms with Gasteiger partial charge in [0, 0.05) is 53.9 Å². The van der Waals surface area contributed by atoms with E-state index in [0.717, 1.165) is 54.4 Å². The Morgan fingerprint density at radius 2 is 0.737 bits per heavy atom. The minimum Gasteiger partial charge on any atom is -0.289 e. The van der Waals surface area contributed by atoms with Crippen LogP contribution in [0.4, 0.5) is 0 Å². The number of pyridine rings is 2. The zero-order valence-corrected chi connectivity index (χ0v) is 22.6. The van der Waals surface area contributed by atoms with Gasteiger partial charge < -0.3 is 0 Å². The number of nitrogens with zero attached hydrogens (tertiary/aromatic N) is 2. The first kappa shape index (κ1) is 25.2. The summed E-state index contributed by atoms with van der Waals surface area (Å²) in [5.74, 6) is 0. The Morgan fingerprint density at radius 1 is 0.395 bits per heavy atom. The molecule has 0 aliphatic rings. The Morgan fingerprint density at radius 3 is 1.11 bits per heavy atom. The summed E-state index contributed by atoms with van der Waals surface area (Å²) < 4.78 is 0. The van der Waals surface area contributed by atoms with Gasteiger partial charge in [0.2, 0.25) is 0 Å². The molecule has 0 amide bonds. The molecule has 0 N–H and O–H groups in total. The smallest absolute Gasteiger partial charge is 0.194 e. The third kappa shape index (κ3) is 3.23. The van der Waals surface area contributed by atoms with Gasteiger partial charge >= 0.3 is 0 Å². The monoisotopic (exact) mass is 498 g/mol.